The summed E-state index contributed by atoms with van der Waals surface area (Å²) < 4.78 is 45.0. The van der Waals surface area contributed by atoms with Crippen LogP contribution in [-0.2, 0) is 6.18 Å². The summed E-state index contributed by atoms with van der Waals surface area (Å²) in [5.74, 6) is 0.347. The highest BCUT2D eigenvalue weighted by molar-refractivity contribution is 6.03. The van der Waals surface area contributed by atoms with E-state index in [0.717, 1.165) is 12.1 Å². The Hall–Kier alpha value is -4.04. The fraction of sp³-hybridized carbons (Fsp3) is 0.348. The van der Waals surface area contributed by atoms with Gasteiger partial charge in [0.15, 0.2) is 11.6 Å². The maximum atomic E-state index is 13.4. The SMILES string of the molecule is O=C(Nc1nccc(OC[C@@H](O)CO)n1)N1c2nc(-c3cccc(C(F)(F)F)c3)ncc2N2CCC1C2. The van der Waals surface area contributed by atoms with Crippen LogP contribution in [0.4, 0.5) is 35.4 Å². The molecule has 194 valence electrons. The Kier molecular flexibility index (Phi) is 6.52. The second kappa shape index (κ2) is 9.78. The Bertz CT molecular complexity index is 1310. The highest BCUT2D eigenvalue weighted by atomic mass is 19.4. The summed E-state index contributed by atoms with van der Waals surface area (Å²) >= 11 is 0. The van der Waals surface area contributed by atoms with Crippen LogP contribution >= 0.6 is 0 Å². The predicted molar refractivity (Wildman–Crippen MR) is 125 cm³/mol. The maximum absolute atomic E-state index is 13.4. The summed E-state index contributed by atoms with van der Waals surface area (Å²) in [6.07, 6.45) is -2.08. The average molecular weight is 517 g/mol. The molecule has 1 saturated heterocycles. The average Bonchev–Trinajstić information content (AvgIpc) is 3.31. The summed E-state index contributed by atoms with van der Waals surface area (Å²) in [6, 6.07) is 5.33. The van der Waals surface area contributed by atoms with Crippen molar-refractivity contribution in [1.29, 1.82) is 0 Å². The van der Waals surface area contributed by atoms with Crippen molar-refractivity contribution in [3.8, 4) is 17.3 Å². The van der Waals surface area contributed by atoms with Gasteiger partial charge in [-0.3, -0.25) is 10.2 Å². The molecule has 5 rings (SSSR count). The molecule has 1 fully saturated rings. The summed E-state index contributed by atoms with van der Waals surface area (Å²) in [5.41, 5.74) is -0.0599. The first-order valence-electron chi connectivity index (χ1n) is 11.4. The number of aromatic nitrogens is 4. The summed E-state index contributed by atoms with van der Waals surface area (Å²) in [6.45, 7) is 0.538. The van der Waals surface area contributed by atoms with Crippen molar-refractivity contribution in [3.05, 3.63) is 48.3 Å². The lowest BCUT2D eigenvalue weighted by Crippen LogP contribution is -2.48. The minimum atomic E-state index is -4.52. The number of nitrogens with one attached hydrogen (secondary N) is 1. The van der Waals surface area contributed by atoms with E-state index in [4.69, 9.17) is 9.84 Å². The van der Waals surface area contributed by atoms with Crippen molar-refractivity contribution in [1.82, 2.24) is 19.9 Å². The number of amides is 2. The molecule has 2 bridgehead atoms. The van der Waals surface area contributed by atoms with Crippen molar-refractivity contribution >= 4 is 23.5 Å². The van der Waals surface area contributed by atoms with Gasteiger partial charge < -0.3 is 19.8 Å². The van der Waals surface area contributed by atoms with Gasteiger partial charge in [-0.2, -0.15) is 18.2 Å². The van der Waals surface area contributed by atoms with Crippen LogP contribution in [0.25, 0.3) is 11.4 Å². The lowest BCUT2D eigenvalue weighted by Gasteiger charge is -2.35. The quantitative estimate of drug-likeness (QED) is 0.450. The van der Waals surface area contributed by atoms with Crippen LogP contribution in [0.3, 0.4) is 0 Å². The number of aliphatic hydroxyl groups is 2. The Morgan fingerprint density at radius 1 is 1.24 bits per heavy atom. The molecule has 3 N–H and O–H groups in total. The number of alkyl halides is 3. The number of carbonyl (C=O) groups excluding carboxylic acids is 1. The zero-order chi connectivity index (χ0) is 26.2. The van der Waals surface area contributed by atoms with Crippen molar-refractivity contribution < 1.29 is 32.9 Å². The van der Waals surface area contributed by atoms with Crippen molar-refractivity contribution in [2.45, 2.75) is 24.7 Å². The van der Waals surface area contributed by atoms with Gasteiger partial charge in [0.05, 0.1) is 30.1 Å². The van der Waals surface area contributed by atoms with Gasteiger partial charge in [-0.1, -0.05) is 12.1 Å². The molecule has 1 aromatic carbocycles. The number of aliphatic hydroxyl groups excluding tert-OH is 2. The second-order valence-electron chi connectivity index (χ2n) is 8.54. The highest BCUT2D eigenvalue weighted by Crippen LogP contribution is 2.40. The van der Waals surface area contributed by atoms with Gasteiger partial charge in [-0.15, -0.1) is 0 Å². The number of benzene rings is 1. The zero-order valence-electron chi connectivity index (χ0n) is 19.3. The Morgan fingerprint density at radius 2 is 2.08 bits per heavy atom. The number of halogens is 3. The predicted octanol–water partition coefficient (Wildman–Crippen LogP) is 2.32. The monoisotopic (exact) mass is 517 g/mol. The fourth-order valence-electron chi connectivity index (χ4n) is 4.22. The number of hydrogen-bond acceptors (Lipinski definition) is 9. The van der Waals surface area contributed by atoms with Gasteiger partial charge >= 0.3 is 12.2 Å². The number of anilines is 3. The number of hydrogen-bond donors (Lipinski definition) is 3. The zero-order valence-corrected chi connectivity index (χ0v) is 19.3. The first-order valence-corrected chi connectivity index (χ1v) is 11.4. The molecule has 4 heterocycles. The number of nitrogens with zero attached hydrogens (tertiary/aromatic N) is 6. The highest BCUT2D eigenvalue weighted by Gasteiger charge is 2.41. The molecule has 14 heteroatoms. The molecule has 2 atom stereocenters. The standard InChI is InChI=1S/C23H22F3N7O4/c24-23(25,26)14-3-1-2-13(8-14)19-28-9-17-20(30-19)33(15-5-7-32(17)10-15)22(36)31-21-27-6-4-18(29-21)37-12-16(35)11-34/h1-4,6,8-9,15-16,34-35H,5,7,10-12H2,(H,27,29,31,36)/t15?,16-/m0/s1. The molecular weight excluding hydrogens is 495 g/mol. The molecular formula is C23H22F3N7O4. The van der Waals surface area contributed by atoms with Crippen LogP contribution in [0.15, 0.2) is 42.7 Å². The molecule has 2 aromatic heterocycles. The molecule has 3 aromatic rings. The lowest BCUT2D eigenvalue weighted by molar-refractivity contribution is -0.137. The topological polar surface area (TPSA) is 137 Å². The van der Waals surface area contributed by atoms with Crippen molar-refractivity contribution in [2.75, 3.05) is 41.4 Å². The summed E-state index contributed by atoms with van der Waals surface area (Å²) in [7, 11) is 0. The number of rotatable bonds is 6. The van der Waals surface area contributed by atoms with Crippen molar-refractivity contribution in [2.24, 2.45) is 0 Å². The minimum absolute atomic E-state index is 0.0549. The van der Waals surface area contributed by atoms with Crippen LogP contribution in [0, 0.1) is 0 Å². The van der Waals surface area contributed by atoms with Gasteiger partial charge in [0, 0.05) is 30.9 Å². The summed E-state index contributed by atoms with van der Waals surface area (Å²) in [4.78, 5) is 33.7. The van der Waals surface area contributed by atoms with E-state index in [0.29, 0.717) is 25.2 Å². The van der Waals surface area contributed by atoms with Crippen LogP contribution in [0.1, 0.15) is 12.0 Å². The van der Waals surface area contributed by atoms with E-state index in [2.05, 4.69) is 25.3 Å². The fourth-order valence-corrected chi connectivity index (χ4v) is 4.22. The smallest absolute Gasteiger partial charge is 0.416 e. The van der Waals surface area contributed by atoms with Crippen LogP contribution in [-0.4, -0.2) is 74.6 Å². The van der Waals surface area contributed by atoms with Crippen LogP contribution in [0.5, 0.6) is 5.88 Å². The molecule has 2 aliphatic heterocycles. The second-order valence-corrected chi connectivity index (χ2v) is 8.54. The minimum Gasteiger partial charge on any atom is -0.475 e. The molecule has 0 radical (unpaired) electrons. The number of carbonyl (C=O) groups is 1. The van der Waals surface area contributed by atoms with Gasteiger partial charge in [-0.25, -0.2) is 19.7 Å². The first-order chi connectivity index (χ1) is 17.7. The third-order valence-corrected chi connectivity index (χ3v) is 6.00. The number of urea groups is 1. The molecule has 2 amide bonds. The molecule has 37 heavy (non-hydrogen) atoms. The van der Waals surface area contributed by atoms with Gasteiger partial charge in [0.1, 0.15) is 12.7 Å². The third kappa shape index (κ3) is 5.11. The van der Waals surface area contributed by atoms with Crippen LogP contribution in [0.2, 0.25) is 0 Å². The van der Waals surface area contributed by atoms with E-state index in [1.165, 1.54) is 35.5 Å². The van der Waals surface area contributed by atoms with E-state index in [9.17, 15) is 23.1 Å². The van der Waals surface area contributed by atoms with E-state index < -0.39 is 30.5 Å². The third-order valence-electron chi connectivity index (χ3n) is 6.00. The molecule has 0 aliphatic carbocycles. The van der Waals surface area contributed by atoms with E-state index in [1.807, 2.05) is 4.90 Å². The number of fused-ring (bicyclic) bond motifs is 4. The van der Waals surface area contributed by atoms with E-state index >= 15 is 0 Å². The molecule has 11 nitrogen and oxygen atoms in total. The van der Waals surface area contributed by atoms with Gasteiger partial charge in [-0.05, 0) is 18.6 Å². The molecule has 2 aliphatic rings. The number of ether oxygens (including phenoxy) is 1. The Labute approximate surface area is 208 Å². The molecule has 1 unspecified atom stereocenters. The molecule has 0 saturated carbocycles. The Morgan fingerprint density at radius 3 is 2.86 bits per heavy atom. The largest absolute Gasteiger partial charge is 0.475 e. The Balaban J connectivity index is 1.42. The normalized spacial score (nSPS) is 17.4. The van der Waals surface area contributed by atoms with E-state index in [-0.39, 0.29) is 41.7 Å². The van der Waals surface area contributed by atoms with Gasteiger partial charge in [0.25, 0.3) is 0 Å². The maximum Gasteiger partial charge on any atom is 0.416 e. The van der Waals surface area contributed by atoms with Gasteiger partial charge in [0.2, 0.25) is 11.8 Å². The van der Waals surface area contributed by atoms with Crippen LogP contribution < -0.4 is 19.9 Å². The first kappa shape index (κ1) is 24.6. The lowest BCUT2D eigenvalue weighted by atomic mass is 10.1. The van der Waals surface area contributed by atoms with Crippen molar-refractivity contribution in [3.63, 3.8) is 0 Å². The molecule has 0 spiro atoms. The summed E-state index contributed by atoms with van der Waals surface area (Å²) in [5, 5.41) is 21.0. The van der Waals surface area contributed by atoms with E-state index in [1.54, 1.807) is 0 Å².